The van der Waals surface area contributed by atoms with Gasteiger partial charge in [0.15, 0.2) is 11.0 Å². The quantitative estimate of drug-likeness (QED) is 0.831. The lowest BCUT2D eigenvalue weighted by molar-refractivity contribution is 0.300. The smallest absolute Gasteiger partial charge is 0.151 e. The second kappa shape index (κ2) is 3.57. The highest BCUT2D eigenvalue weighted by atomic mass is 32.2. The molecule has 0 aliphatic carbocycles. The first-order chi connectivity index (χ1) is 7.81. The summed E-state index contributed by atoms with van der Waals surface area (Å²) in [6, 6.07) is 9.71. The maximum atomic E-state index is 11.8. The van der Waals surface area contributed by atoms with Crippen LogP contribution in [0.5, 0.6) is 0 Å². The largest absolute Gasteiger partial charge is 0.396 e. The molecule has 1 unspecified atom stereocenters. The monoisotopic (exact) mass is 233 g/mol. The van der Waals surface area contributed by atoms with Crippen molar-refractivity contribution in [2.45, 2.75) is 11.3 Å². The summed E-state index contributed by atoms with van der Waals surface area (Å²) < 4.78 is 14.7. The molecular formula is C12H11NO2S. The first-order valence-corrected chi connectivity index (χ1v) is 6.30. The Hall–Kier alpha value is -1.39. The molecule has 1 aliphatic heterocycles. The molecule has 3 nitrogen and oxygen atoms in total. The molecule has 82 valence electrons. The molecule has 0 saturated heterocycles. The first kappa shape index (κ1) is 9.81. The fourth-order valence-electron chi connectivity index (χ4n) is 2.17. The third-order valence-corrected chi connectivity index (χ3v) is 4.02. The van der Waals surface area contributed by atoms with Gasteiger partial charge in [-0.25, -0.2) is 4.21 Å². The zero-order valence-corrected chi connectivity index (χ0v) is 9.38. The molecule has 2 aromatic carbocycles. The summed E-state index contributed by atoms with van der Waals surface area (Å²) in [4.78, 5) is 0.840. The summed E-state index contributed by atoms with van der Waals surface area (Å²) in [5, 5.41) is 11.1. The van der Waals surface area contributed by atoms with Crippen molar-refractivity contribution in [2.75, 3.05) is 11.3 Å². The maximum absolute atomic E-state index is 11.8. The molecular weight excluding hydrogens is 222 g/mol. The number of benzene rings is 2. The van der Waals surface area contributed by atoms with Crippen molar-refractivity contribution in [3.63, 3.8) is 0 Å². The number of aliphatic hydroxyl groups is 1. The molecule has 1 aliphatic rings. The zero-order chi connectivity index (χ0) is 11.1. The summed E-state index contributed by atoms with van der Waals surface area (Å²) in [5.74, 6) is 0. The van der Waals surface area contributed by atoms with Gasteiger partial charge in [0.25, 0.3) is 0 Å². The van der Waals surface area contributed by atoms with Crippen LogP contribution in [0.1, 0.15) is 5.56 Å². The van der Waals surface area contributed by atoms with Gasteiger partial charge in [0.05, 0.1) is 10.6 Å². The molecule has 16 heavy (non-hydrogen) atoms. The minimum absolute atomic E-state index is 0.134. The summed E-state index contributed by atoms with van der Waals surface area (Å²) in [7, 11) is -1.13. The number of nitrogens with one attached hydrogen (secondary N) is 1. The Labute approximate surface area is 95.7 Å². The van der Waals surface area contributed by atoms with Gasteiger partial charge < -0.3 is 9.83 Å². The summed E-state index contributed by atoms with van der Waals surface area (Å²) in [6.45, 7) is 0.134. The summed E-state index contributed by atoms with van der Waals surface area (Å²) >= 11 is 0. The highest BCUT2D eigenvalue weighted by molar-refractivity contribution is 7.87. The Morgan fingerprint density at radius 3 is 2.94 bits per heavy atom. The standard InChI is InChI=1S/C12H11NO2S/c14-7-6-8-4-5-10-12-9(8)2-1-3-11(12)16(15)13-10/h1-5,13-14H,6-7H2. The van der Waals surface area contributed by atoms with Gasteiger partial charge in [-0.15, -0.1) is 0 Å². The Kier molecular flexibility index (Phi) is 2.19. The van der Waals surface area contributed by atoms with E-state index in [1.807, 2.05) is 30.3 Å². The molecule has 0 aromatic heterocycles. The van der Waals surface area contributed by atoms with Crippen LogP contribution in [-0.2, 0) is 17.4 Å². The third-order valence-electron chi connectivity index (χ3n) is 2.88. The van der Waals surface area contributed by atoms with E-state index in [1.54, 1.807) is 0 Å². The maximum Gasteiger partial charge on any atom is 0.151 e. The van der Waals surface area contributed by atoms with Crippen LogP contribution in [0, 0.1) is 0 Å². The van der Waals surface area contributed by atoms with Crippen LogP contribution >= 0.6 is 0 Å². The topological polar surface area (TPSA) is 49.3 Å². The van der Waals surface area contributed by atoms with Gasteiger partial charge in [-0.3, -0.25) is 0 Å². The minimum Gasteiger partial charge on any atom is -0.396 e. The zero-order valence-electron chi connectivity index (χ0n) is 8.56. The fourth-order valence-corrected chi connectivity index (χ4v) is 3.25. The van der Waals surface area contributed by atoms with Crippen LogP contribution in [0.4, 0.5) is 5.69 Å². The van der Waals surface area contributed by atoms with Crippen molar-refractivity contribution in [3.8, 4) is 0 Å². The molecule has 0 saturated carbocycles. The first-order valence-electron chi connectivity index (χ1n) is 5.15. The highest BCUT2D eigenvalue weighted by Crippen LogP contribution is 2.37. The van der Waals surface area contributed by atoms with E-state index < -0.39 is 11.0 Å². The van der Waals surface area contributed by atoms with Gasteiger partial charge in [0.2, 0.25) is 0 Å². The molecule has 0 spiro atoms. The van der Waals surface area contributed by atoms with E-state index in [0.29, 0.717) is 6.42 Å². The molecule has 2 N–H and O–H groups in total. The lowest BCUT2D eigenvalue weighted by Crippen LogP contribution is -1.95. The van der Waals surface area contributed by atoms with Crippen LogP contribution in [0.3, 0.4) is 0 Å². The van der Waals surface area contributed by atoms with E-state index in [9.17, 15) is 4.21 Å². The van der Waals surface area contributed by atoms with Crippen molar-refractivity contribution >= 4 is 27.4 Å². The predicted molar refractivity (Wildman–Crippen MR) is 64.8 cm³/mol. The van der Waals surface area contributed by atoms with Crippen molar-refractivity contribution in [1.82, 2.24) is 0 Å². The van der Waals surface area contributed by atoms with E-state index in [0.717, 1.165) is 26.9 Å². The van der Waals surface area contributed by atoms with Gasteiger partial charge in [0.1, 0.15) is 0 Å². The molecule has 2 aromatic rings. The van der Waals surface area contributed by atoms with Gasteiger partial charge in [-0.2, -0.15) is 0 Å². The van der Waals surface area contributed by atoms with Crippen LogP contribution in [-0.4, -0.2) is 15.9 Å². The van der Waals surface area contributed by atoms with E-state index in [-0.39, 0.29) is 6.61 Å². The number of anilines is 1. The van der Waals surface area contributed by atoms with E-state index in [2.05, 4.69) is 4.72 Å². The lowest BCUT2D eigenvalue weighted by Gasteiger charge is -2.05. The molecule has 0 fully saturated rings. The highest BCUT2D eigenvalue weighted by Gasteiger charge is 2.20. The van der Waals surface area contributed by atoms with E-state index in [1.165, 1.54) is 0 Å². The average molecular weight is 233 g/mol. The average Bonchev–Trinajstić information content (AvgIpc) is 2.62. The van der Waals surface area contributed by atoms with Gasteiger partial charge in [-0.1, -0.05) is 18.2 Å². The summed E-state index contributed by atoms with van der Waals surface area (Å²) in [5.41, 5.74) is 2.02. The number of aliphatic hydroxyl groups excluding tert-OH is 1. The Morgan fingerprint density at radius 2 is 2.12 bits per heavy atom. The molecule has 0 radical (unpaired) electrons. The number of rotatable bonds is 2. The molecule has 0 bridgehead atoms. The minimum atomic E-state index is -1.13. The molecule has 0 amide bonds. The van der Waals surface area contributed by atoms with Crippen molar-refractivity contribution in [2.24, 2.45) is 0 Å². The van der Waals surface area contributed by atoms with Crippen molar-refractivity contribution in [1.29, 1.82) is 0 Å². The second-order valence-corrected chi connectivity index (χ2v) is 4.98. The number of hydrogen-bond donors (Lipinski definition) is 2. The SMILES string of the molecule is O=S1Nc2ccc(CCO)c3cccc1c23. The van der Waals surface area contributed by atoms with Crippen molar-refractivity contribution in [3.05, 3.63) is 35.9 Å². The Morgan fingerprint density at radius 1 is 1.25 bits per heavy atom. The molecule has 1 atom stereocenters. The van der Waals surface area contributed by atoms with Gasteiger partial charge in [0, 0.05) is 12.0 Å². The van der Waals surface area contributed by atoms with Crippen LogP contribution in [0.25, 0.3) is 10.8 Å². The van der Waals surface area contributed by atoms with Crippen LogP contribution < -0.4 is 4.72 Å². The third kappa shape index (κ3) is 1.27. The van der Waals surface area contributed by atoms with Crippen LogP contribution in [0.2, 0.25) is 0 Å². The van der Waals surface area contributed by atoms with Gasteiger partial charge >= 0.3 is 0 Å². The van der Waals surface area contributed by atoms with Crippen LogP contribution in [0.15, 0.2) is 35.2 Å². The van der Waals surface area contributed by atoms with E-state index in [4.69, 9.17) is 5.11 Å². The molecule has 4 heteroatoms. The Balaban J connectivity index is 2.36. The molecule has 3 rings (SSSR count). The lowest BCUT2D eigenvalue weighted by atomic mass is 10.0. The molecule has 1 heterocycles. The second-order valence-electron chi connectivity index (χ2n) is 3.80. The predicted octanol–water partition coefficient (Wildman–Crippen LogP) is 1.82. The Bertz CT molecular complexity index is 595. The number of hydrogen-bond acceptors (Lipinski definition) is 2. The van der Waals surface area contributed by atoms with Gasteiger partial charge in [-0.05, 0) is 29.5 Å². The normalized spacial score (nSPS) is 17.7. The van der Waals surface area contributed by atoms with E-state index >= 15 is 0 Å². The fraction of sp³-hybridized carbons (Fsp3) is 0.167. The van der Waals surface area contributed by atoms with Crippen molar-refractivity contribution < 1.29 is 9.32 Å². The summed E-state index contributed by atoms with van der Waals surface area (Å²) in [6.07, 6.45) is 0.632.